The smallest absolute Gasteiger partial charge is 0.246 e. The summed E-state index contributed by atoms with van der Waals surface area (Å²) in [6.45, 7) is 6.85. The number of rotatable bonds is 7. The second-order valence-electron chi connectivity index (χ2n) is 9.60. The minimum absolute atomic E-state index is 0.00138. The van der Waals surface area contributed by atoms with Crippen LogP contribution in [0.25, 0.3) is 10.4 Å². The molecule has 1 aromatic carbocycles. The maximum atomic E-state index is 13.3. The lowest BCUT2D eigenvalue weighted by Crippen LogP contribution is -2.58. The Balaban J connectivity index is 1.67. The zero-order valence-electron chi connectivity index (χ0n) is 19.9. The zero-order valence-corrected chi connectivity index (χ0v) is 20.7. The quantitative estimate of drug-likeness (QED) is 0.463. The number of aliphatic hydroxyl groups is 2. The fraction of sp³-hybridized carbons (Fsp3) is 0.500. The van der Waals surface area contributed by atoms with Gasteiger partial charge in [0, 0.05) is 19.5 Å². The van der Waals surface area contributed by atoms with Crippen molar-refractivity contribution in [2.75, 3.05) is 13.2 Å². The number of aromatic nitrogens is 1. The van der Waals surface area contributed by atoms with Crippen molar-refractivity contribution < 1.29 is 24.6 Å². The van der Waals surface area contributed by atoms with E-state index >= 15 is 0 Å². The summed E-state index contributed by atoms with van der Waals surface area (Å²) in [5, 5.41) is 24.7. The number of hydrogen-bond donors (Lipinski definition) is 4. The predicted molar refractivity (Wildman–Crippen MR) is 129 cm³/mol. The van der Waals surface area contributed by atoms with Gasteiger partial charge in [-0.1, -0.05) is 45.0 Å². The van der Waals surface area contributed by atoms with Gasteiger partial charge < -0.3 is 25.7 Å². The monoisotopic (exact) mass is 488 g/mol. The number of hydrogen-bond acceptors (Lipinski definition) is 7. The molecule has 3 rings (SSSR count). The second-order valence-corrected chi connectivity index (χ2v) is 10.5. The van der Waals surface area contributed by atoms with E-state index in [-0.39, 0.29) is 25.4 Å². The Bertz CT molecular complexity index is 1030. The second kappa shape index (κ2) is 10.6. The summed E-state index contributed by atoms with van der Waals surface area (Å²) in [6, 6.07) is 6.03. The molecule has 1 aliphatic heterocycles. The van der Waals surface area contributed by atoms with Gasteiger partial charge >= 0.3 is 0 Å². The highest BCUT2D eigenvalue weighted by atomic mass is 32.1. The Morgan fingerprint density at radius 3 is 2.47 bits per heavy atom. The molecule has 9 nitrogen and oxygen atoms in total. The molecule has 1 saturated heterocycles. The number of carbonyl (C=O) groups excluding carboxylic acids is 3. The van der Waals surface area contributed by atoms with E-state index in [9.17, 15) is 19.5 Å². The fourth-order valence-electron chi connectivity index (χ4n) is 3.99. The molecule has 0 aliphatic carbocycles. The molecule has 0 unspecified atom stereocenters. The maximum absolute atomic E-state index is 13.3. The van der Waals surface area contributed by atoms with E-state index < -0.39 is 42.0 Å². The third kappa shape index (κ3) is 5.99. The van der Waals surface area contributed by atoms with E-state index in [4.69, 9.17) is 5.11 Å². The number of likely N-dealkylation sites (tertiary alicyclic amines) is 1. The summed E-state index contributed by atoms with van der Waals surface area (Å²) in [7, 11) is 0. The fourth-order valence-corrected chi connectivity index (χ4v) is 4.80. The molecule has 1 fully saturated rings. The maximum Gasteiger partial charge on any atom is 0.246 e. The summed E-state index contributed by atoms with van der Waals surface area (Å²) >= 11 is 1.57. The van der Waals surface area contributed by atoms with Gasteiger partial charge in [0.2, 0.25) is 17.7 Å². The average Bonchev–Trinajstić information content (AvgIpc) is 3.40. The Labute approximate surface area is 203 Å². The van der Waals surface area contributed by atoms with Crippen molar-refractivity contribution in [3.05, 3.63) is 41.0 Å². The van der Waals surface area contributed by atoms with Crippen LogP contribution in [0.1, 0.15) is 38.4 Å². The van der Waals surface area contributed by atoms with E-state index in [1.54, 1.807) is 37.6 Å². The number of amides is 3. The molecule has 0 spiro atoms. The first-order valence-electron chi connectivity index (χ1n) is 11.2. The highest BCUT2D eigenvalue weighted by molar-refractivity contribution is 7.13. The van der Waals surface area contributed by atoms with E-state index in [1.165, 1.54) is 4.90 Å². The van der Waals surface area contributed by atoms with Gasteiger partial charge in [0.1, 0.15) is 18.7 Å². The molecule has 0 radical (unpaired) electrons. The minimum atomic E-state index is -0.949. The van der Waals surface area contributed by atoms with Crippen LogP contribution in [0.5, 0.6) is 0 Å². The van der Waals surface area contributed by atoms with Gasteiger partial charge in [0.05, 0.1) is 22.2 Å². The van der Waals surface area contributed by atoms with Crippen molar-refractivity contribution in [2.45, 2.75) is 58.8 Å². The van der Waals surface area contributed by atoms with Crippen LogP contribution in [0.15, 0.2) is 29.8 Å². The third-order valence-electron chi connectivity index (χ3n) is 5.86. The first kappa shape index (κ1) is 25.8. The van der Waals surface area contributed by atoms with Crippen molar-refractivity contribution in [2.24, 2.45) is 5.41 Å². The largest absolute Gasteiger partial charge is 0.391 e. The molecule has 0 bridgehead atoms. The van der Waals surface area contributed by atoms with Crippen LogP contribution in [0, 0.1) is 12.3 Å². The summed E-state index contributed by atoms with van der Waals surface area (Å²) < 4.78 is 0. The molecule has 34 heavy (non-hydrogen) atoms. The van der Waals surface area contributed by atoms with Gasteiger partial charge in [-0.15, -0.1) is 11.3 Å². The van der Waals surface area contributed by atoms with Gasteiger partial charge in [-0.25, -0.2) is 4.98 Å². The van der Waals surface area contributed by atoms with Crippen LogP contribution in [0.4, 0.5) is 0 Å². The van der Waals surface area contributed by atoms with Gasteiger partial charge in [0.15, 0.2) is 0 Å². The number of aliphatic hydroxyl groups excluding tert-OH is 2. The summed E-state index contributed by atoms with van der Waals surface area (Å²) in [5.74, 6) is -1.50. The molecule has 1 aliphatic rings. The van der Waals surface area contributed by atoms with E-state index in [0.717, 1.165) is 21.7 Å². The highest BCUT2D eigenvalue weighted by Crippen LogP contribution is 2.28. The van der Waals surface area contributed by atoms with Crippen LogP contribution in [-0.4, -0.2) is 69.2 Å². The number of benzene rings is 1. The lowest BCUT2D eigenvalue weighted by Gasteiger charge is -2.35. The Morgan fingerprint density at radius 2 is 1.91 bits per heavy atom. The molecule has 1 aromatic heterocycles. The Hall–Kier alpha value is -2.82. The van der Waals surface area contributed by atoms with Crippen molar-refractivity contribution in [1.29, 1.82) is 0 Å². The number of nitrogens with zero attached hydrogens (tertiary/aromatic N) is 2. The number of thiazole rings is 1. The molecular formula is C24H32N4O5S. The van der Waals surface area contributed by atoms with E-state index in [2.05, 4.69) is 15.6 Å². The number of aryl methyl sites for hydroxylation is 1. The van der Waals surface area contributed by atoms with Crippen LogP contribution in [0.2, 0.25) is 0 Å². The van der Waals surface area contributed by atoms with Crippen LogP contribution >= 0.6 is 11.3 Å². The standard InChI is InChI=1S/C24H32N4O5S/c1-14-20(34-13-26-14)16-7-5-15(6-8-16)10-25-22(32)18-9-17(30)11-28(18)23(33)21(24(2,3)4)27-19(31)12-29/h5-8,13,17-18,21,29-30H,9-12H2,1-4H3,(H,25,32)(H,27,31)/t17-,18+,21-/m1/s1. The molecule has 2 heterocycles. The number of β-amino-alcohol motifs (C(OH)–C–C–N with tert-alkyl or cyclic N) is 1. The highest BCUT2D eigenvalue weighted by Gasteiger charge is 2.44. The lowest BCUT2D eigenvalue weighted by molar-refractivity contribution is -0.144. The molecule has 3 atom stereocenters. The third-order valence-corrected chi connectivity index (χ3v) is 6.83. The average molecular weight is 489 g/mol. The summed E-state index contributed by atoms with van der Waals surface area (Å²) in [6.07, 6.45) is -0.720. The Morgan fingerprint density at radius 1 is 1.24 bits per heavy atom. The van der Waals surface area contributed by atoms with E-state index in [0.29, 0.717) is 0 Å². The van der Waals surface area contributed by atoms with Gasteiger partial charge in [-0.2, -0.15) is 0 Å². The van der Waals surface area contributed by atoms with Crippen molar-refractivity contribution in [3.63, 3.8) is 0 Å². The molecule has 2 aromatic rings. The van der Waals surface area contributed by atoms with Gasteiger partial charge in [-0.3, -0.25) is 14.4 Å². The van der Waals surface area contributed by atoms with Crippen molar-refractivity contribution in [3.8, 4) is 10.4 Å². The molecule has 184 valence electrons. The Kier molecular flexibility index (Phi) is 8.06. The van der Waals surface area contributed by atoms with E-state index in [1.807, 2.05) is 31.2 Å². The normalized spacial score (nSPS) is 19.1. The molecule has 0 saturated carbocycles. The lowest BCUT2D eigenvalue weighted by atomic mass is 9.85. The predicted octanol–water partition coefficient (Wildman–Crippen LogP) is 1.22. The van der Waals surface area contributed by atoms with Gasteiger partial charge in [0.25, 0.3) is 0 Å². The van der Waals surface area contributed by atoms with Crippen molar-refractivity contribution in [1.82, 2.24) is 20.5 Å². The topological polar surface area (TPSA) is 132 Å². The van der Waals surface area contributed by atoms with Crippen LogP contribution in [0.3, 0.4) is 0 Å². The number of nitrogens with one attached hydrogen (secondary N) is 2. The molecule has 4 N–H and O–H groups in total. The van der Waals surface area contributed by atoms with Crippen molar-refractivity contribution >= 4 is 29.1 Å². The van der Waals surface area contributed by atoms with Crippen LogP contribution < -0.4 is 10.6 Å². The zero-order chi connectivity index (χ0) is 25.0. The first-order valence-corrected chi connectivity index (χ1v) is 12.0. The van der Waals surface area contributed by atoms with Crippen LogP contribution in [-0.2, 0) is 20.9 Å². The number of carbonyl (C=O) groups is 3. The van der Waals surface area contributed by atoms with Gasteiger partial charge in [-0.05, 0) is 23.5 Å². The summed E-state index contributed by atoms with van der Waals surface area (Å²) in [5.41, 5.74) is 4.08. The minimum Gasteiger partial charge on any atom is -0.391 e. The first-order chi connectivity index (χ1) is 16.0. The SMILES string of the molecule is Cc1ncsc1-c1ccc(CNC(=O)[C@@H]2C[C@@H](O)CN2C(=O)[C@@H](NC(=O)CO)C(C)(C)C)cc1. The summed E-state index contributed by atoms with van der Waals surface area (Å²) in [4.78, 5) is 44.7. The molecule has 3 amide bonds. The molecule has 10 heteroatoms. The molecular weight excluding hydrogens is 456 g/mol.